The van der Waals surface area contributed by atoms with Crippen LogP contribution in [0.5, 0.6) is 0 Å². The maximum Gasteiger partial charge on any atom is 0.243 e. The average Bonchev–Trinajstić information content (AvgIpc) is 3.21. The molecule has 3 N–H and O–H groups in total. The molecular weight excluding hydrogens is 337 g/mol. The lowest BCUT2D eigenvalue weighted by molar-refractivity contribution is 0.315. The van der Waals surface area contributed by atoms with Gasteiger partial charge in [0.05, 0.1) is 4.90 Å². The van der Waals surface area contributed by atoms with Crippen LogP contribution < -0.4 is 5.73 Å². The second-order valence-electron chi connectivity index (χ2n) is 4.79. The Morgan fingerprint density at radius 1 is 1.33 bits per heavy atom. The minimum absolute atomic E-state index is 0.0139. The first-order chi connectivity index (χ1) is 9.84. The van der Waals surface area contributed by atoms with Crippen LogP contribution in [0.2, 0.25) is 10.0 Å². The van der Waals surface area contributed by atoms with Gasteiger partial charge in [-0.05, 0) is 31.0 Å². The zero-order chi connectivity index (χ0) is 15.6. The Balaban J connectivity index is 2.29. The van der Waals surface area contributed by atoms with Crippen molar-refractivity contribution in [3.8, 4) is 0 Å². The maximum absolute atomic E-state index is 12.7. The zero-order valence-electron chi connectivity index (χ0n) is 11.0. The van der Waals surface area contributed by atoms with Crippen molar-refractivity contribution in [2.45, 2.75) is 30.2 Å². The van der Waals surface area contributed by atoms with Crippen molar-refractivity contribution < 1.29 is 13.6 Å². The monoisotopic (exact) mass is 351 g/mol. The fourth-order valence-electron chi connectivity index (χ4n) is 1.95. The molecule has 0 saturated heterocycles. The number of hydrogen-bond donors (Lipinski definition) is 2. The summed E-state index contributed by atoms with van der Waals surface area (Å²) in [5, 5.41) is 11.9. The molecule has 1 aromatic carbocycles. The van der Waals surface area contributed by atoms with Crippen LogP contribution in [0.4, 0.5) is 0 Å². The topological polar surface area (TPSA) is 96.0 Å². The van der Waals surface area contributed by atoms with Crippen LogP contribution in [0, 0.1) is 0 Å². The fraction of sp³-hybridized carbons (Fsp3) is 0.417. The molecule has 0 radical (unpaired) electrons. The highest BCUT2D eigenvalue weighted by atomic mass is 35.5. The smallest absolute Gasteiger partial charge is 0.243 e. The standard InChI is InChI=1S/C12H15Cl2N3O3S/c13-8-5-9(14)7-11(6-8)21(19,20)17(10-1-2-10)4-3-12(15)16-18/h5-7,10,18H,1-4H2,(H2,15,16). The third kappa shape index (κ3) is 4.00. The molecule has 1 fully saturated rings. The SMILES string of the molecule is NC(CCN(C1CC1)S(=O)(=O)c1cc(Cl)cc(Cl)c1)=NO. The number of nitrogens with two attached hydrogens (primary N) is 1. The molecule has 0 amide bonds. The highest BCUT2D eigenvalue weighted by molar-refractivity contribution is 7.89. The zero-order valence-corrected chi connectivity index (χ0v) is 13.4. The number of amidine groups is 1. The minimum Gasteiger partial charge on any atom is -0.409 e. The van der Waals surface area contributed by atoms with Crippen molar-refractivity contribution in [1.29, 1.82) is 0 Å². The first kappa shape index (κ1) is 16.4. The average molecular weight is 352 g/mol. The molecule has 0 atom stereocenters. The summed E-state index contributed by atoms with van der Waals surface area (Å²) >= 11 is 11.7. The molecule has 0 unspecified atom stereocenters. The Morgan fingerprint density at radius 3 is 2.38 bits per heavy atom. The Morgan fingerprint density at radius 2 is 1.90 bits per heavy atom. The van der Waals surface area contributed by atoms with Crippen LogP contribution in [0.1, 0.15) is 19.3 Å². The predicted molar refractivity (Wildman–Crippen MR) is 81.4 cm³/mol. The molecule has 0 aliphatic heterocycles. The molecular formula is C12H15Cl2N3O3S. The molecule has 2 rings (SSSR count). The van der Waals surface area contributed by atoms with E-state index in [2.05, 4.69) is 5.16 Å². The molecule has 116 valence electrons. The summed E-state index contributed by atoms with van der Waals surface area (Å²) in [6, 6.07) is 4.14. The third-order valence-electron chi connectivity index (χ3n) is 3.11. The van der Waals surface area contributed by atoms with Gasteiger partial charge in [-0.1, -0.05) is 28.4 Å². The van der Waals surface area contributed by atoms with Crippen LogP contribution in [-0.4, -0.2) is 36.4 Å². The van der Waals surface area contributed by atoms with Gasteiger partial charge in [0.1, 0.15) is 5.84 Å². The number of rotatable bonds is 6. The maximum atomic E-state index is 12.7. The summed E-state index contributed by atoms with van der Waals surface area (Å²) < 4.78 is 26.7. The number of hydrogen-bond acceptors (Lipinski definition) is 4. The molecule has 1 aliphatic rings. The largest absolute Gasteiger partial charge is 0.409 e. The van der Waals surface area contributed by atoms with Gasteiger partial charge in [-0.2, -0.15) is 4.31 Å². The van der Waals surface area contributed by atoms with Crippen LogP contribution in [0.15, 0.2) is 28.3 Å². The number of oxime groups is 1. The summed E-state index contributed by atoms with van der Waals surface area (Å²) in [5.41, 5.74) is 5.41. The minimum atomic E-state index is -3.71. The third-order valence-corrected chi connectivity index (χ3v) is 5.48. The van der Waals surface area contributed by atoms with Gasteiger partial charge in [0, 0.05) is 29.1 Å². The van der Waals surface area contributed by atoms with Crippen molar-refractivity contribution in [3.05, 3.63) is 28.2 Å². The van der Waals surface area contributed by atoms with Gasteiger partial charge in [0.2, 0.25) is 10.0 Å². The molecule has 1 aliphatic carbocycles. The first-order valence-electron chi connectivity index (χ1n) is 6.29. The van der Waals surface area contributed by atoms with Crippen molar-refractivity contribution in [2.75, 3.05) is 6.54 Å². The van der Waals surface area contributed by atoms with Crippen LogP contribution in [-0.2, 0) is 10.0 Å². The van der Waals surface area contributed by atoms with Crippen molar-refractivity contribution >= 4 is 39.1 Å². The van der Waals surface area contributed by atoms with E-state index >= 15 is 0 Å². The molecule has 0 bridgehead atoms. The van der Waals surface area contributed by atoms with Gasteiger partial charge in [0.25, 0.3) is 0 Å². The van der Waals surface area contributed by atoms with E-state index in [9.17, 15) is 8.42 Å². The Kier molecular flexibility index (Phi) is 4.98. The van der Waals surface area contributed by atoms with E-state index in [0.29, 0.717) is 0 Å². The van der Waals surface area contributed by atoms with E-state index < -0.39 is 10.0 Å². The highest BCUT2D eigenvalue weighted by Crippen LogP contribution is 2.33. The lowest BCUT2D eigenvalue weighted by atomic mass is 10.4. The molecule has 6 nitrogen and oxygen atoms in total. The van der Waals surface area contributed by atoms with Gasteiger partial charge in [-0.15, -0.1) is 0 Å². The van der Waals surface area contributed by atoms with E-state index in [4.69, 9.17) is 34.1 Å². The summed E-state index contributed by atoms with van der Waals surface area (Å²) in [5.74, 6) is -0.0139. The Hall–Kier alpha value is -1.02. The number of benzene rings is 1. The lowest BCUT2D eigenvalue weighted by Crippen LogP contribution is -2.36. The van der Waals surface area contributed by atoms with E-state index in [-0.39, 0.29) is 39.8 Å². The van der Waals surface area contributed by atoms with Crippen LogP contribution in [0.25, 0.3) is 0 Å². The van der Waals surface area contributed by atoms with E-state index in [1.54, 1.807) is 0 Å². The molecule has 0 aromatic heterocycles. The van der Waals surface area contributed by atoms with Gasteiger partial charge < -0.3 is 10.9 Å². The van der Waals surface area contributed by atoms with Gasteiger partial charge in [-0.25, -0.2) is 8.42 Å². The number of sulfonamides is 1. The first-order valence-corrected chi connectivity index (χ1v) is 8.48. The second-order valence-corrected chi connectivity index (χ2v) is 7.56. The predicted octanol–water partition coefficient (Wildman–Crippen LogP) is 2.28. The molecule has 0 spiro atoms. The summed E-state index contributed by atoms with van der Waals surface area (Å²) in [4.78, 5) is 0.0476. The van der Waals surface area contributed by atoms with E-state index in [1.807, 2.05) is 0 Å². The van der Waals surface area contributed by atoms with Crippen molar-refractivity contribution in [2.24, 2.45) is 10.9 Å². The van der Waals surface area contributed by atoms with Gasteiger partial charge in [0.15, 0.2) is 0 Å². The number of halogens is 2. The normalized spacial score (nSPS) is 16.4. The quantitative estimate of drug-likeness (QED) is 0.355. The number of nitrogens with zero attached hydrogens (tertiary/aromatic N) is 2. The lowest BCUT2D eigenvalue weighted by Gasteiger charge is -2.21. The fourth-order valence-corrected chi connectivity index (χ4v) is 4.36. The van der Waals surface area contributed by atoms with Gasteiger partial charge >= 0.3 is 0 Å². The second kappa shape index (κ2) is 6.39. The molecule has 1 saturated carbocycles. The molecule has 21 heavy (non-hydrogen) atoms. The van der Waals surface area contributed by atoms with Crippen molar-refractivity contribution in [1.82, 2.24) is 4.31 Å². The Labute approximate surface area is 133 Å². The summed E-state index contributed by atoms with van der Waals surface area (Å²) in [6.45, 7) is 0.146. The molecule has 9 heteroatoms. The Bertz CT molecular complexity index is 639. The van der Waals surface area contributed by atoms with E-state index in [0.717, 1.165) is 12.8 Å². The van der Waals surface area contributed by atoms with Crippen molar-refractivity contribution in [3.63, 3.8) is 0 Å². The van der Waals surface area contributed by atoms with Crippen LogP contribution >= 0.6 is 23.2 Å². The van der Waals surface area contributed by atoms with E-state index in [1.165, 1.54) is 22.5 Å². The summed E-state index contributed by atoms with van der Waals surface area (Å²) in [6.07, 6.45) is 1.74. The molecule has 1 aromatic rings. The van der Waals surface area contributed by atoms with Crippen LogP contribution in [0.3, 0.4) is 0 Å². The summed E-state index contributed by atoms with van der Waals surface area (Å²) in [7, 11) is -3.71. The molecule has 0 heterocycles. The highest BCUT2D eigenvalue weighted by Gasteiger charge is 2.38. The van der Waals surface area contributed by atoms with Gasteiger partial charge in [-0.3, -0.25) is 0 Å².